The van der Waals surface area contributed by atoms with Crippen molar-refractivity contribution < 1.29 is 18.9 Å². The van der Waals surface area contributed by atoms with Gasteiger partial charge in [-0.05, 0) is 36.4 Å². The Bertz CT molecular complexity index is 1740. The van der Waals surface area contributed by atoms with Crippen LogP contribution in [0.5, 0.6) is 34.5 Å². The predicted octanol–water partition coefficient (Wildman–Crippen LogP) is 6.36. The summed E-state index contributed by atoms with van der Waals surface area (Å²) in [5, 5.41) is 7.35. The number of para-hydroxylation sites is 2. The summed E-state index contributed by atoms with van der Waals surface area (Å²) < 4.78 is 26.4. The maximum absolute atomic E-state index is 6.88. The third-order valence-corrected chi connectivity index (χ3v) is 12.9. The molecule has 0 fully saturated rings. The molecule has 0 bridgehead atoms. The maximum atomic E-state index is 6.88. The van der Waals surface area contributed by atoms with Crippen LogP contribution in [0.2, 0.25) is 0 Å². The second-order valence-corrected chi connectivity index (χ2v) is 13.9. The number of benzene rings is 4. The quantitative estimate of drug-likeness (QED) is 0.254. The van der Waals surface area contributed by atoms with E-state index in [4.69, 9.17) is 18.9 Å². The van der Waals surface area contributed by atoms with E-state index < -0.39 is 15.8 Å². The summed E-state index contributed by atoms with van der Waals surface area (Å²) in [5.74, 6) is 6.65. The van der Waals surface area contributed by atoms with Gasteiger partial charge in [0.1, 0.15) is 46.4 Å². The lowest BCUT2D eigenvalue weighted by Crippen LogP contribution is -2.42. The van der Waals surface area contributed by atoms with Gasteiger partial charge in [0.15, 0.2) is 0 Å². The van der Waals surface area contributed by atoms with Crippen molar-refractivity contribution in [2.24, 2.45) is 5.92 Å². The van der Waals surface area contributed by atoms with Crippen molar-refractivity contribution in [2.45, 2.75) is 13.0 Å². The Morgan fingerprint density at radius 1 is 0.568 bits per heavy atom. The monoisotopic (exact) mass is 518 g/mol. The Labute approximate surface area is 216 Å². The normalized spacial score (nSPS) is 24.7. The molecule has 9 rings (SSSR count). The fourth-order valence-electron chi connectivity index (χ4n) is 6.06. The first kappa shape index (κ1) is 20.5. The molecule has 4 heterocycles. The molecule has 0 spiro atoms. The Hall–Kier alpha value is -3.58. The lowest BCUT2D eigenvalue weighted by molar-refractivity contribution is 0.196. The van der Waals surface area contributed by atoms with Crippen LogP contribution in [0.25, 0.3) is 0 Å². The molecule has 0 N–H and O–H groups in total. The van der Waals surface area contributed by atoms with Crippen molar-refractivity contribution in [2.75, 3.05) is 0 Å². The summed E-state index contributed by atoms with van der Waals surface area (Å²) >= 11 is 0. The van der Waals surface area contributed by atoms with Crippen LogP contribution < -0.4 is 40.2 Å². The molecule has 178 valence electrons. The molecule has 5 aliphatic rings. The van der Waals surface area contributed by atoms with Gasteiger partial charge in [0.25, 0.3) is 0 Å². The van der Waals surface area contributed by atoms with Gasteiger partial charge in [0.2, 0.25) is 0 Å². The zero-order valence-corrected chi connectivity index (χ0v) is 21.6. The average Bonchev–Trinajstić information content (AvgIpc) is 2.93. The minimum atomic E-state index is -0.890. The molecule has 37 heavy (non-hydrogen) atoms. The van der Waals surface area contributed by atoms with Crippen LogP contribution in [0.1, 0.15) is 6.92 Å². The molecule has 0 saturated heterocycles. The highest BCUT2D eigenvalue weighted by molar-refractivity contribution is 7.79. The minimum absolute atomic E-state index is 0.0882. The van der Waals surface area contributed by atoms with Gasteiger partial charge in [0.05, 0.1) is 10.6 Å². The number of hydrogen-bond acceptors (Lipinski definition) is 4. The van der Waals surface area contributed by atoms with Crippen LogP contribution in [0.4, 0.5) is 0 Å². The van der Waals surface area contributed by atoms with Gasteiger partial charge >= 0.3 is 0 Å². The smallest absolute Gasteiger partial charge is 0.143 e. The molecule has 0 radical (unpaired) electrons. The van der Waals surface area contributed by atoms with Gasteiger partial charge in [-0.25, -0.2) is 0 Å². The molecule has 0 aromatic heterocycles. The van der Waals surface area contributed by atoms with Crippen molar-refractivity contribution >= 4 is 37.1 Å². The fourth-order valence-corrected chi connectivity index (χ4v) is 11.8. The molecule has 4 nitrogen and oxygen atoms in total. The van der Waals surface area contributed by atoms with Crippen molar-refractivity contribution in [1.29, 1.82) is 0 Å². The topological polar surface area (TPSA) is 36.9 Å². The van der Waals surface area contributed by atoms with E-state index in [0.717, 1.165) is 45.6 Å². The summed E-state index contributed by atoms with van der Waals surface area (Å²) in [6.07, 6.45) is 2.31. The van der Waals surface area contributed by atoms with Crippen LogP contribution in [0.15, 0.2) is 107 Å². The zero-order chi connectivity index (χ0) is 24.2. The Balaban J connectivity index is 1.36. The molecule has 4 aromatic rings. The lowest BCUT2D eigenvalue weighted by atomic mass is 9.97. The molecule has 4 aliphatic heterocycles. The van der Waals surface area contributed by atoms with Gasteiger partial charge < -0.3 is 18.9 Å². The number of fused-ring (bicyclic) bond motifs is 8. The van der Waals surface area contributed by atoms with E-state index in [-0.39, 0.29) is 12.0 Å². The molecule has 4 atom stereocenters. The number of ether oxygens (including phenoxy) is 4. The van der Waals surface area contributed by atoms with Crippen molar-refractivity contribution in [3.8, 4) is 34.5 Å². The van der Waals surface area contributed by atoms with Gasteiger partial charge in [-0.3, -0.25) is 0 Å². The van der Waals surface area contributed by atoms with Crippen LogP contribution >= 0.6 is 15.8 Å². The van der Waals surface area contributed by atoms with E-state index in [0.29, 0.717) is 0 Å². The third kappa shape index (κ3) is 2.65. The standard InChI is InChI=1S/C31H20O4P2/c1-17-16-26-28(35-22-12-6-10-20-29(22)36(26)24-14-4-2-8-18(24)32-20)31-27(17)34-23-13-7-11-21-30(23)37(31)25-15-5-3-9-19(25)33-21/h2-17,27H,1H3. The van der Waals surface area contributed by atoms with E-state index in [1.54, 1.807) is 0 Å². The zero-order valence-electron chi connectivity index (χ0n) is 19.8. The van der Waals surface area contributed by atoms with Gasteiger partial charge in [-0.2, -0.15) is 0 Å². The highest BCUT2D eigenvalue weighted by Crippen LogP contribution is 2.66. The molecule has 6 heteroatoms. The summed E-state index contributed by atoms with van der Waals surface area (Å²) in [7, 11) is -1.71. The molecular weight excluding hydrogens is 498 g/mol. The highest BCUT2D eigenvalue weighted by atomic mass is 31.1. The largest absolute Gasteiger partial charge is 0.484 e. The Morgan fingerprint density at radius 2 is 1.11 bits per heavy atom. The summed E-state index contributed by atoms with van der Waals surface area (Å²) in [6, 6.07) is 29.2. The molecule has 4 aromatic carbocycles. The number of hydrogen-bond donors (Lipinski definition) is 0. The first-order valence-corrected chi connectivity index (χ1v) is 15.2. The van der Waals surface area contributed by atoms with Crippen LogP contribution in [0, 0.1) is 5.92 Å². The van der Waals surface area contributed by atoms with Gasteiger partial charge in [-0.15, -0.1) is 0 Å². The molecular formula is C31H20O4P2. The van der Waals surface area contributed by atoms with Crippen molar-refractivity contribution in [3.05, 3.63) is 107 Å². The van der Waals surface area contributed by atoms with Crippen LogP contribution in [-0.4, -0.2) is 6.10 Å². The molecule has 4 unspecified atom stereocenters. The summed E-state index contributed by atoms with van der Waals surface area (Å²) in [5.41, 5.74) is 0. The predicted molar refractivity (Wildman–Crippen MR) is 148 cm³/mol. The lowest BCUT2D eigenvalue weighted by Gasteiger charge is -2.46. The number of rotatable bonds is 0. The maximum Gasteiger partial charge on any atom is 0.143 e. The second-order valence-electron chi connectivity index (χ2n) is 9.78. The highest BCUT2D eigenvalue weighted by Gasteiger charge is 2.50. The van der Waals surface area contributed by atoms with E-state index in [1.165, 1.54) is 26.5 Å². The van der Waals surface area contributed by atoms with E-state index >= 15 is 0 Å². The Kier molecular flexibility index (Phi) is 4.01. The molecule has 1 aliphatic carbocycles. The van der Waals surface area contributed by atoms with Gasteiger partial charge in [-0.1, -0.05) is 61.5 Å². The Morgan fingerprint density at radius 3 is 1.81 bits per heavy atom. The van der Waals surface area contributed by atoms with E-state index in [1.807, 2.05) is 24.3 Å². The van der Waals surface area contributed by atoms with Crippen LogP contribution in [0.3, 0.4) is 0 Å². The fraction of sp³-hybridized carbons (Fsp3) is 0.0968. The molecule has 0 saturated carbocycles. The van der Waals surface area contributed by atoms with Crippen LogP contribution in [-0.2, 0) is 0 Å². The SMILES string of the molecule is CC1C=C2C(=C3C1Oc1cccc4c1P3c1ccccc1O4)Oc1cccc3c1P2c1ccccc1O3. The first-order chi connectivity index (χ1) is 18.3. The van der Waals surface area contributed by atoms with Gasteiger partial charge in [0, 0.05) is 43.0 Å². The second kappa shape index (κ2) is 7.25. The minimum Gasteiger partial charge on any atom is -0.484 e. The first-order valence-electron chi connectivity index (χ1n) is 12.5. The van der Waals surface area contributed by atoms with Crippen molar-refractivity contribution in [1.82, 2.24) is 0 Å². The third-order valence-electron chi connectivity index (χ3n) is 7.60. The average molecular weight is 518 g/mol. The summed E-state index contributed by atoms with van der Waals surface area (Å²) in [6.45, 7) is 2.27. The van der Waals surface area contributed by atoms with E-state index in [2.05, 4.69) is 73.7 Å². The van der Waals surface area contributed by atoms with E-state index in [9.17, 15) is 0 Å². The number of allylic oxidation sites excluding steroid dienone is 1. The van der Waals surface area contributed by atoms with Crippen molar-refractivity contribution in [3.63, 3.8) is 0 Å². The molecule has 0 amide bonds. The summed E-state index contributed by atoms with van der Waals surface area (Å²) in [4.78, 5) is 0.